The van der Waals surface area contributed by atoms with Crippen molar-refractivity contribution in [2.75, 3.05) is 31.1 Å². The summed E-state index contributed by atoms with van der Waals surface area (Å²) in [6.07, 6.45) is 3.25. The number of piperazine rings is 1. The standard InChI is InChI=1S/C16H16F2N4O/c1-11-9-19-10-20-15(11)21-4-6-22(7-5-21)16(23)12-2-3-13(17)14(18)8-12/h2-3,8-10H,4-7H2,1H3. The first-order valence-electron chi connectivity index (χ1n) is 7.32. The number of benzene rings is 1. The molecule has 0 radical (unpaired) electrons. The highest BCUT2D eigenvalue weighted by atomic mass is 19.2. The molecule has 2 heterocycles. The van der Waals surface area contributed by atoms with E-state index >= 15 is 0 Å². The van der Waals surface area contributed by atoms with Crippen molar-refractivity contribution in [3.05, 3.63) is 53.5 Å². The Hall–Kier alpha value is -2.57. The van der Waals surface area contributed by atoms with E-state index in [1.165, 1.54) is 12.4 Å². The van der Waals surface area contributed by atoms with Gasteiger partial charge in [0.2, 0.25) is 0 Å². The van der Waals surface area contributed by atoms with Gasteiger partial charge >= 0.3 is 0 Å². The summed E-state index contributed by atoms with van der Waals surface area (Å²) < 4.78 is 26.2. The lowest BCUT2D eigenvalue weighted by molar-refractivity contribution is 0.0746. The molecule has 1 aromatic heterocycles. The van der Waals surface area contributed by atoms with Crippen molar-refractivity contribution in [2.45, 2.75) is 6.92 Å². The highest BCUT2D eigenvalue weighted by Gasteiger charge is 2.24. The van der Waals surface area contributed by atoms with Crippen molar-refractivity contribution in [1.29, 1.82) is 0 Å². The molecule has 3 rings (SSSR count). The van der Waals surface area contributed by atoms with E-state index in [1.807, 2.05) is 6.92 Å². The van der Waals surface area contributed by atoms with E-state index in [0.717, 1.165) is 23.5 Å². The number of rotatable bonds is 2. The van der Waals surface area contributed by atoms with Gasteiger partial charge in [0.1, 0.15) is 12.1 Å². The summed E-state index contributed by atoms with van der Waals surface area (Å²) in [7, 11) is 0. The van der Waals surface area contributed by atoms with Crippen LogP contribution < -0.4 is 4.90 Å². The van der Waals surface area contributed by atoms with Gasteiger partial charge in [0.05, 0.1) is 0 Å². The SMILES string of the molecule is Cc1cncnc1N1CCN(C(=O)c2ccc(F)c(F)c2)CC1. The lowest BCUT2D eigenvalue weighted by atomic mass is 10.1. The third-order valence-electron chi connectivity index (χ3n) is 3.90. The molecule has 120 valence electrons. The number of hydrogen-bond donors (Lipinski definition) is 0. The van der Waals surface area contributed by atoms with Crippen LogP contribution in [0.15, 0.2) is 30.7 Å². The third-order valence-corrected chi connectivity index (χ3v) is 3.90. The van der Waals surface area contributed by atoms with Gasteiger partial charge in [-0.25, -0.2) is 18.7 Å². The van der Waals surface area contributed by atoms with Crippen molar-refractivity contribution in [2.24, 2.45) is 0 Å². The molecule has 1 saturated heterocycles. The number of anilines is 1. The van der Waals surface area contributed by atoms with Gasteiger partial charge in [0, 0.05) is 43.5 Å². The molecule has 0 atom stereocenters. The van der Waals surface area contributed by atoms with E-state index in [2.05, 4.69) is 14.9 Å². The summed E-state index contributed by atoms with van der Waals surface area (Å²) in [6, 6.07) is 3.23. The zero-order chi connectivity index (χ0) is 16.4. The van der Waals surface area contributed by atoms with E-state index in [9.17, 15) is 13.6 Å². The van der Waals surface area contributed by atoms with Crippen LogP contribution in [0.3, 0.4) is 0 Å². The summed E-state index contributed by atoms with van der Waals surface area (Å²) >= 11 is 0. The van der Waals surface area contributed by atoms with Crippen LogP contribution in [0.5, 0.6) is 0 Å². The zero-order valence-electron chi connectivity index (χ0n) is 12.7. The van der Waals surface area contributed by atoms with E-state index in [1.54, 1.807) is 11.1 Å². The highest BCUT2D eigenvalue weighted by molar-refractivity contribution is 5.94. The molecule has 0 unspecified atom stereocenters. The molecule has 1 aromatic carbocycles. The van der Waals surface area contributed by atoms with Crippen molar-refractivity contribution < 1.29 is 13.6 Å². The molecule has 7 heteroatoms. The summed E-state index contributed by atoms with van der Waals surface area (Å²) in [5.41, 5.74) is 1.14. The lowest BCUT2D eigenvalue weighted by Crippen LogP contribution is -2.49. The number of aromatic nitrogens is 2. The van der Waals surface area contributed by atoms with Crippen molar-refractivity contribution >= 4 is 11.7 Å². The Balaban J connectivity index is 1.68. The molecule has 0 aliphatic carbocycles. The molecule has 1 fully saturated rings. The predicted molar refractivity (Wildman–Crippen MR) is 81.2 cm³/mol. The van der Waals surface area contributed by atoms with Crippen LogP contribution in [-0.4, -0.2) is 47.0 Å². The Bertz CT molecular complexity index is 730. The summed E-state index contributed by atoms with van der Waals surface area (Å²) in [5, 5.41) is 0. The molecule has 1 aliphatic rings. The van der Waals surface area contributed by atoms with E-state index in [0.29, 0.717) is 26.2 Å². The third kappa shape index (κ3) is 3.13. The Morgan fingerprint density at radius 1 is 1.13 bits per heavy atom. The second-order valence-corrected chi connectivity index (χ2v) is 5.44. The molecule has 2 aromatic rings. The second-order valence-electron chi connectivity index (χ2n) is 5.44. The first kappa shape index (κ1) is 15.3. The maximum absolute atomic E-state index is 13.3. The predicted octanol–water partition coefficient (Wildman–Crippen LogP) is 2.03. The number of amides is 1. The van der Waals surface area contributed by atoms with Crippen LogP contribution in [0.2, 0.25) is 0 Å². The van der Waals surface area contributed by atoms with Crippen molar-refractivity contribution in [1.82, 2.24) is 14.9 Å². The molecule has 0 saturated carbocycles. The van der Waals surface area contributed by atoms with Crippen molar-refractivity contribution in [3.63, 3.8) is 0 Å². The maximum atomic E-state index is 13.3. The van der Waals surface area contributed by atoms with Crippen LogP contribution in [0, 0.1) is 18.6 Å². The molecule has 5 nitrogen and oxygen atoms in total. The van der Waals surface area contributed by atoms with Gasteiger partial charge in [-0.1, -0.05) is 0 Å². The Morgan fingerprint density at radius 3 is 2.52 bits per heavy atom. The van der Waals surface area contributed by atoms with Crippen LogP contribution in [0.4, 0.5) is 14.6 Å². The van der Waals surface area contributed by atoms with Gasteiger partial charge in [-0.15, -0.1) is 0 Å². The Labute approximate surface area is 132 Å². The number of carbonyl (C=O) groups excluding carboxylic acids is 1. The molecular formula is C16H16F2N4O. The van der Waals surface area contributed by atoms with E-state index in [-0.39, 0.29) is 11.5 Å². The van der Waals surface area contributed by atoms with Gasteiger partial charge in [0.25, 0.3) is 5.91 Å². The Morgan fingerprint density at radius 2 is 1.87 bits per heavy atom. The largest absolute Gasteiger partial charge is 0.353 e. The highest BCUT2D eigenvalue weighted by Crippen LogP contribution is 2.18. The van der Waals surface area contributed by atoms with Crippen molar-refractivity contribution in [3.8, 4) is 0 Å². The van der Waals surface area contributed by atoms with Gasteiger partial charge in [-0.2, -0.15) is 0 Å². The fourth-order valence-corrected chi connectivity index (χ4v) is 2.66. The summed E-state index contributed by atoms with van der Waals surface area (Å²) in [6.45, 7) is 4.21. The first-order chi connectivity index (χ1) is 11.1. The molecule has 0 spiro atoms. The van der Waals surface area contributed by atoms with Gasteiger partial charge in [-0.05, 0) is 25.1 Å². The van der Waals surface area contributed by atoms with Gasteiger partial charge in [-0.3, -0.25) is 4.79 Å². The molecule has 23 heavy (non-hydrogen) atoms. The molecular weight excluding hydrogens is 302 g/mol. The normalized spacial score (nSPS) is 14.9. The Kier molecular flexibility index (Phi) is 4.18. The zero-order valence-corrected chi connectivity index (χ0v) is 12.7. The fourth-order valence-electron chi connectivity index (χ4n) is 2.66. The van der Waals surface area contributed by atoms with Crippen LogP contribution in [0.25, 0.3) is 0 Å². The number of nitrogens with zero attached hydrogens (tertiary/aromatic N) is 4. The second kappa shape index (κ2) is 6.28. The smallest absolute Gasteiger partial charge is 0.254 e. The van der Waals surface area contributed by atoms with Gasteiger partial charge in [0.15, 0.2) is 11.6 Å². The van der Waals surface area contributed by atoms with E-state index in [4.69, 9.17) is 0 Å². The number of hydrogen-bond acceptors (Lipinski definition) is 4. The number of aryl methyl sites for hydroxylation is 1. The van der Waals surface area contributed by atoms with E-state index < -0.39 is 11.6 Å². The molecule has 1 aliphatic heterocycles. The minimum atomic E-state index is -1.01. The van der Waals surface area contributed by atoms with Crippen LogP contribution in [-0.2, 0) is 0 Å². The minimum absolute atomic E-state index is 0.163. The summed E-state index contributed by atoms with van der Waals surface area (Å²) in [5.74, 6) is -1.39. The maximum Gasteiger partial charge on any atom is 0.254 e. The minimum Gasteiger partial charge on any atom is -0.353 e. The molecule has 0 bridgehead atoms. The van der Waals surface area contributed by atoms with Crippen LogP contribution in [0.1, 0.15) is 15.9 Å². The quantitative estimate of drug-likeness (QED) is 0.850. The summed E-state index contributed by atoms with van der Waals surface area (Å²) in [4.78, 5) is 24.3. The van der Waals surface area contributed by atoms with Gasteiger partial charge < -0.3 is 9.80 Å². The average molecular weight is 318 g/mol. The average Bonchev–Trinajstić information content (AvgIpc) is 2.57. The fraction of sp³-hybridized carbons (Fsp3) is 0.312. The van der Waals surface area contributed by atoms with Crippen LogP contribution >= 0.6 is 0 Å². The lowest BCUT2D eigenvalue weighted by Gasteiger charge is -2.36. The number of carbonyl (C=O) groups is 1. The first-order valence-corrected chi connectivity index (χ1v) is 7.32. The topological polar surface area (TPSA) is 49.3 Å². The molecule has 1 amide bonds. The molecule has 0 N–H and O–H groups in total. The monoisotopic (exact) mass is 318 g/mol. The number of halogens is 2.